The number of esters is 1. The van der Waals surface area contributed by atoms with Gasteiger partial charge >= 0.3 is 5.97 Å². The number of alkyl halides is 1. The largest absolute Gasteiger partial charge is 0.469 e. The van der Waals surface area contributed by atoms with Gasteiger partial charge in [-0.2, -0.15) is 0 Å². The Bertz CT molecular complexity index is 239. The fraction of sp³-hybridized carbons (Fsp3) is 0.824. The van der Waals surface area contributed by atoms with Gasteiger partial charge in [0.15, 0.2) is 0 Å². The second-order valence-electron chi connectivity index (χ2n) is 5.25. The van der Waals surface area contributed by atoms with E-state index in [2.05, 4.69) is 39.5 Å². The number of carbonyl (C=O) groups is 1. The molecule has 0 aliphatic heterocycles. The fourth-order valence-corrected chi connectivity index (χ4v) is 2.65. The summed E-state index contributed by atoms with van der Waals surface area (Å²) in [5.74, 6) is -0.0738. The highest BCUT2D eigenvalue weighted by Crippen LogP contribution is 2.10. The van der Waals surface area contributed by atoms with Crippen molar-refractivity contribution in [2.24, 2.45) is 0 Å². The molecule has 0 radical (unpaired) electrons. The second kappa shape index (κ2) is 17.0. The van der Waals surface area contributed by atoms with Crippen molar-refractivity contribution in [3.05, 3.63) is 12.2 Å². The number of hydrogen-bond acceptors (Lipinski definition) is 2. The average molecular weight is 394 g/mol. The van der Waals surface area contributed by atoms with Gasteiger partial charge in [-0.05, 0) is 43.0 Å². The maximum absolute atomic E-state index is 10.9. The number of ether oxygens (including phenoxy) is 1. The average Bonchev–Trinajstić information content (AvgIpc) is 2.47. The predicted octanol–water partition coefficient (Wildman–Crippen LogP) is 5.83. The highest BCUT2D eigenvalue weighted by atomic mass is 127. The van der Waals surface area contributed by atoms with Crippen LogP contribution in [0.2, 0.25) is 0 Å². The Morgan fingerprint density at radius 3 is 1.90 bits per heavy atom. The zero-order chi connectivity index (χ0) is 14.9. The van der Waals surface area contributed by atoms with Crippen molar-refractivity contribution in [3.8, 4) is 0 Å². The first-order valence-electron chi connectivity index (χ1n) is 8.09. The molecule has 0 rings (SSSR count). The summed E-state index contributed by atoms with van der Waals surface area (Å²) in [4.78, 5) is 10.9. The molecule has 0 heterocycles. The Kier molecular flexibility index (Phi) is 16.9. The van der Waals surface area contributed by atoms with Gasteiger partial charge in [-0.15, -0.1) is 0 Å². The third kappa shape index (κ3) is 16.0. The summed E-state index contributed by atoms with van der Waals surface area (Å²) in [6.07, 6.45) is 19.2. The molecule has 0 aliphatic carbocycles. The van der Waals surface area contributed by atoms with Crippen LogP contribution in [0.4, 0.5) is 0 Å². The van der Waals surface area contributed by atoms with Crippen LogP contribution in [0.25, 0.3) is 0 Å². The van der Waals surface area contributed by atoms with E-state index in [0.717, 1.165) is 12.8 Å². The van der Waals surface area contributed by atoms with Crippen LogP contribution >= 0.6 is 22.6 Å². The third-order valence-electron chi connectivity index (χ3n) is 3.40. The minimum atomic E-state index is -0.0738. The molecule has 3 heteroatoms. The van der Waals surface area contributed by atoms with Gasteiger partial charge in [0.2, 0.25) is 0 Å². The van der Waals surface area contributed by atoms with Crippen molar-refractivity contribution in [1.29, 1.82) is 0 Å². The summed E-state index contributed by atoms with van der Waals surface area (Å²) >= 11 is 2.44. The van der Waals surface area contributed by atoms with Crippen LogP contribution in [-0.2, 0) is 9.53 Å². The molecular weight excluding hydrogens is 363 g/mol. The van der Waals surface area contributed by atoms with E-state index in [4.69, 9.17) is 0 Å². The Balaban J connectivity index is 3.07. The van der Waals surface area contributed by atoms with E-state index in [1.807, 2.05) is 0 Å². The number of rotatable bonds is 14. The molecule has 0 fully saturated rings. The molecule has 0 N–H and O–H groups in total. The van der Waals surface area contributed by atoms with Gasteiger partial charge in [0, 0.05) is 6.42 Å². The molecule has 0 saturated carbocycles. The molecule has 0 unspecified atom stereocenters. The fourth-order valence-electron chi connectivity index (χ4n) is 2.11. The minimum absolute atomic E-state index is 0.0738. The molecule has 0 aromatic rings. The van der Waals surface area contributed by atoms with E-state index in [0.29, 0.717) is 6.42 Å². The third-order valence-corrected chi connectivity index (χ3v) is 4.16. The van der Waals surface area contributed by atoms with Crippen LogP contribution in [0, 0.1) is 0 Å². The van der Waals surface area contributed by atoms with E-state index in [9.17, 15) is 4.79 Å². The van der Waals surface area contributed by atoms with Gasteiger partial charge in [0.05, 0.1) is 7.11 Å². The van der Waals surface area contributed by atoms with Gasteiger partial charge in [0.25, 0.3) is 0 Å². The van der Waals surface area contributed by atoms with Crippen molar-refractivity contribution in [3.63, 3.8) is 0 Å². The highest BCUT2D eigenvalue weighted by molar-refractivity contribution is 14.1. The summed E-state index contributed by atoms with van der Waals surface area (Å²) < 4.78 is 5.90. The molecule has 0 amide bonds. The molecule has 0 aromatic heterocycles. The Morgan fingerprint density at radius 2 is 1.35 bits per heavy atom. The van der Waals surface area contributed by atoms with Crippen LogP contribution in [0.5, 0.6) is 0 Å². The lowest BCUT2D eigenvalue weighted by atomic mass is 10.1. The number of allylic oxidation sites excluding steroid dienone is 2. The molecule has 0 aromatic carbocycles. The summed E-state index contributed by atoms with van der Waals surface area (Å²) in [5, 5.41) is 0. The number of unbranched alkanes of at least 4 members (excludes halogenated alkanes) is 9. The maximum Gasteiger partial charge on any atom is 0.305 e. The van der Waals surface area contributed by atoms with Crippen LogP contribution in [0.3, 0.4) is 0 Å². The summed E-state index contributed by atoms with van der Waals surface area (Å²) in [6, 6.07) is 0. The van der Waals surface area contributed by atoms with Gasteiger partial charge in [-0.3, -0.25) is 4.79 Å². The van der Waals surface area contributed by atoms with E-state index < -0.39 is 0 Å². The lowest BCUT2D eigenvalue weighted by Crippen LogP contribution is -1.99. The summed E-state index contributed by atoms with van der Waals surface area (Å²) in [5.41, 5.74) is 0. The minimum Gasteiger partial charge on any atom is -0.469 e. The molecule has 0 aliphatic rings. The summed E-state index contributed by atoms with van der Waals surface area (Å²) in [7, 11) is 1.46. The Hall–Kier alpha value is -0.0600. The van der Waals surface area contributed by atoms with E-state index >= 15 is 0 Å². The van der Waals surface area contributed by atoms with E-state index in [1.165, 1.54) is 69.3 Å². The Morgan fingerprint density at radius 1 is 0.850 bits per heavy atom. The molecule has 2 nitrogen and oxygen atoms in total. The van der Waals surface area contributed by atoms with Crippen molar-refractivity contribution in [2.75, 3.05) is 11.5 Å². The van der Waals surface area contributed by atoms with Gasteiger partial charge in [-0.25, -0.2) is 0 Å². The standard InChI is InChI=1S/C17H31IO2/c1-20-17(19)15-13-11-9-7-5-3-2-4-6-8-10-12-14-16-18/h6,8H,2-5,7,9-16H2,1H3. The first-order chi connectivity index (χ1) is 9.81. The van der Waals surface area contributed by atoms with Crippen molar-refractivity contribution >= 4 is 28.6 Å². The van der Waals surface area contributed by atoms with Crippen molar-refractivity contribution in [2.45, 2.75) is 77.0 Å². The van der Waals surface area contributed by atoms with Crippen molar-refractivity contribution < 1.29 is 9.53 Å². The number of halogens is 1. The zero-order valence-corrected chi connectivity index (χ0v) is 15.2. The van der Waals surface area contributed by atoms with E-state index in [-0.39, 0.29) is 5.97 Å². The van der Waals surface area contributed by atoms with Gasteiger partial charge < -0.3 is 4.74 Å². The maximum atomic E-state index is 10.9. The number of hydrogen-bond donors (Lipinski definition) is 0. The van der Waals surface area contributed by atoms with E-state index in [1.54, 1.807) is 0 Å². The SMILES string of the molecule is COC(=O)CCCCCCCCCC=CCCCCI. The highest BCUT2D eigenvalue weighted by Gasteiger charge is 1.98. The monoisotopic (exact) mass is 394 g/mol. The zero-order valence-electron chi connectivity index (χ0n) is 13.0. The van der Waals surface area contributed by atoms with Crippen LogP contribution in [-0.4, -0.2) is 17.5 Å². The number of carbonyl (C=O) groups excluding carboxylic acids is 1. The smallest absolute Gasteiger partial charge is 0.305 e. The van der Waals surface area contributed by atoms with Crippen LogP contribution in [0.1, 0.15) is 77.0 Å². The molecule has 0 bridgehead atoms. The molecule has 0 atom stereocenters. The first kappa shape index (κ1) is 19.9. The van der Waals surface area contributed by atoms with Crippen LogP contribution < -0.4 is 0 Å². The lowest BCUT2D eigenvalue weighted by Gasteiger charge is -2.01. The first-order valence-corrected chi connectivity index (χ1v) is 9.61. The summed E-state index contributed by atoms with van der Waals surface area (Å²) in [6.45, 7) is 0. The quantitative estimate of drug-likeness (QED) is 0.122. The predicted molar refractivity (Wildman–Crippen MR) is 95.4 cm³/mol. The van der Waals surface area contributed by atoms with Gasteiger partial charge in [-0.1, -0.05) is 66.8 Å². The van der Waals surface area contributed by atoms with Crippen molar-refractivity contribution in [1.82, 2.24) is 0 Å². The topological polar surface area (TPSA) is 26.3 Å². The Labute approximate surface area is 138 Å². The lowest BCUT2D eigenvalue weighted by molar-refractivity contribution is -0.140. The second-order valence-corrected chi connectivity index (χ2v) is 6.32. The molecule has 20 heavy (non-hydrogen) atoms. The van der Waals surface area contributed by atoms with Crippen LogP contribution in [0.15, 0.2) is 12.2 Å². The van der Waals surface area contributed by atoms with Gasteiger partial charge in [0.1, 0.15) is 0 Å². The molecule has 118 valence electrons. The molecular formula is C17H31IO2. The molecule has 0 saturated heterocycles. The number of methoxy groups -OCH3 is 1. The normalized spacial score (nSPS) is 11.1. The molecule has 0 spiro atoms.